The van der Waals surface area contributed by atoms with Crippen LogP contribution in [0.15, 0.2) is 83.4 Å². The fourth-order valence-corrected chi connectivity index (χ4v) is 8.93. The second kappa shape index (κ2) is 8.71. The van der Waals surface area contributed by atoms with E-state index < -0.39 is 9.52 Å². The minimum atomic E-state index is -0.675. The smallest absolute Gasteiger partial charge is 0.0650 e. The first kappa shape index (κ1) is 22.5. The third-order valence-electron chi connectivity index (χ3n) is 7.54. The van der Waals surface area contributed by atoms with E-state index in [-0.39, 0.29) is 5.04 Å². The van der Waals surface area contributed by atoms with E-state index in [4.69, 9.17) is 0 Å². The summed E-state index contributed by atoms with van der Waals surface area (Å²) >= 11 is 0. The van der Waals surface area contributed by atoms with Crippen LogP contribution in [0.25, 0.3) is 5.57 Å². The fraction of sp³-hybridized carbons (Fsp3) is 0.290. The molecule has 1 aliphatic carbocycles. The summed E-state index contributed by atoms with van der Waals surface area (Å²) < 4.78 is 0. The summed E-state index contributed by atoms with van der Waals surface area (Å²) in [5.41, 5.74) is 14.5. The standard InChI is InChI=1S/C31H36Si/c1-20-13-14-23(4)28(16-20)19-31(32-29-17-21(2)15-22(3)18-29)26(7)24(5)25(6)30(31)27-11-9-8-10-12-27/h8-18H,19,32H2,1-7H3. The minimum Gasteiger partial charge on any atom is -0.0650 e. The van der Waals surface area contributed by atoms with E-state index in [0.29, 0.717) is 0 Å². The van der Waals surface area contributed by atoms with E-state index in [0.717, 1.165) is 6.42 Å². The van der Waals surface area contributed by atoms with E-state index in [9.17, 15) is 0 Å². The quantitative estimate of drug-likeness (QED) is 0.380. The van der Waals surface area contributed by atoms with Crippen LogP contribution in [0.5, 0.6) is 0 Å². The van der Waals surface area contributed by atoms with Crippen LogP contribution >= 0.6 is 0 Å². The highest BCUT2D eigenvalue weighted by molar-refractivity contribution is 6.61. The van der Waals surface area contributed by atoms with Gasteiger partial charge in [0, 0.05) is 5.04 Å². The van der Waals surface area contributed by atoms with Gasteiger partial charge < -0.3 is 0 Å². The number of hydrogen-bond donors (Lipinski definition) is 0. The predicted molar refractivity (Wildman–Crippen MR) is 144 cm³/mol. The van der Waals surface area contributed by atoms with Crippen molar-refractivity contribution < 1.29 is 0 Å². The molecule has 1 atom stereocenters. The zero-order valence-corrected chi connectivity index (χ0v) is 22.2. The second-order valence-corrected chi connectivity index (χ2v) is 12.4. The zero-order valence-electron chi connectivity index (χ0n) is 20.8. The molecule has 0 N–H and O–H groups in total. The van der Waals surface area contributed by atoms with E-state index in [1.54, 1.807) is 16.3 Å². The molecule has 0 saturated carbocycles. The molecule has 0 saturated heterocycles. The van der Waals surface area contributed by atoms with E-state index in [1.165, 1.54) is 44.5 Å². The van der Waals surface area contributed by atoms with Crippen LogP contribution in [0.3, 0.4) is 0 Å². The molecule has 0 amide bonds. The Balaban J connectivity index is 1.96. The Morgan fingerprint density at radius 3 is 1.97 bits per heavy atom. The largest absolute Gasteiger partial charge is 0.0718 e. The van der Waals surface area contributed by atoms with Crippen molar-refractivity contribution in [1.29, 1.82) is 0 Å². The van der Waals surface area contributed by atoms with Crippen LogP contribution < -0.4 is 5.19 Å². The summed E-state index contributed by atoms with van der Waals surface area (Å²) in [5, 5.41) is 1.66. The van der Waals surface area contributed by atoms with Gasteiger partial charge in [0.15, 0.2) is 0 Å². The summed E-state index contributed by atoms with van der Waals surface area (Å²) in [6, 6.07) is 25.3. The minimum absolute atomic E-state index is 0.0916. The lowest BCUT2D eigenvalue weighted by Gasteiger charge is -2.36. The Morgan fingerprint density at radius 2 is 1.31 bits per heavy atom. The number of benzene rings is 3. The molecule has 1 aliphatic rings. The van der Waals surface area contributed by atoms with Gasteiger partial charge in [0.1, 0.15) is 0 Å². The van der Waals surface area contributed by atoms with Gasteiger partial charge in [0.25, 0.3) is 0 Å². The molecule has 1 heteroatoms. The molecule has 0 spiro atoms. The Bertz CT molecular complexity index is 1210. The van der Waals surface area contributed by atoms with Gasteiger partial charge in [-0.25, -0.2) is 0 Å². The number of rotatable bonds is 5. The molecule has 0 aliphatic heterocycles. The van der Waals surface area contributed by atoms with Crippen molar-refractivity contribution >= 4 is 20.3 Å². The molecule has 4 rings (SSSR count). The third-order valence-corrected chi connectivity index (χ3v) is 10.1. The number of aryl methyl sites for hydroxylation is 4. The van der Waals surface area contributed by atoms with Crippen molar-refractivity contribution in [1.82, 2.24) is 0 Å². The zero-order chi connectivity index (χ0) is 23.0. The van der Waals surface area contributed by atoms with Gasteiger partial charge in [-0.2, -0.15) is 0 Å². The molecule has 0 bridgehead atoms. The van der Waals surface area contributed by atoms with Gasteiger partial charge in [-0.3, -0.25) is 0 Å². The summed E-state index contributed by atoms with van der Waals surface area (Å²) in [6.45, 7) is 16.1. The third kappa shape index (κ3) is 4.07. The molecule has 164 valence electrons. The van der Waals surface area contributed by atoms with Crippen molar-refractivity contribution in [3.8, 4) is 0 Å². The van der Waals surface area contributed by atoms with Crippen molar-refractivity contribution in [2.75, 3.05) is 0 Å². The van der Waals surface area contributed by atoms with Crippen molar-refractivity contribution in [3.63, 3.8) is 0 Å². The maximum atomic E-state index is 2.45. The lowest BCUT2D eigenvalue weighted by Crippen LogP contribution is -2.34. The fourth-order valence-electron chi connectivity index (χ4n) is 5.81. The lowest BCUT2D eigenvalue weighted by molar-refractivity contribution is 0.791. The average Bonchev–Trinajstić information content (AvgIpc) is 2.91. The van der Waals surface area contributed by atoms with Crippen LogP contribution in [0.4, 0.5) is 0 Å². The highest BCUT2D eigenvalue weighted by Crippen LogP contribution is 2.58. The Morgan fingerprint density at radius 1 is 0.656 bits per heavy atom. The van der Waals surface area contributed by atoms with Gasteiger partial charge in [-0.1, -0.05) is 94.2 Å². The second-order valence-electron chi connectivity index (χ2n) is 9.98. The van der Waals surface area contributed by atoms with Crippen LogP contribution in [0.2, 0.25) is 5.04 Å². The summed E-state index contributed by atoms with van der Waals surface area (Å²) in [5.74, 6) is 0. The highest BCUT2D eigenvalue weighted by atomic mass is 28.2. The van der Waals surface area contributed by atoms with Crippen molar-refractivity contribution in [2.24, 2.45) is 0 Å². The first-order valence-corrected chi connectivity index (χ1v) is 13.2. The van der Waals surface area contributed by atoms with Crippen LogP contribution in [0.1, 0.15) is 54.2 Å². The van der Waals surface area contributed by atoms with Gasteiger partial charge in [-0.05, 0) is 88.3 Å². The number of hydrogen-bond acceptors (Lipinski definition) is 0. The van der Waals surface area contributed by atoms with Crippen LogP contribution in [-0.2, 0) is 6.42 Å². The first-order chi connectivity index (χ1) is 15.2. The predicted octanol–water partition coefficient (Wildman–Crippen LogP) is 6.94. The Kier molecular flexibility index (Phi) is 6.14. The molecular formula is C31H36Si. The average molecular weight is 437 g/mol. The topological polar surface area (TPSA) is 0 Å². The molecule has 0 fully saturated rings. The van der Waals surface area contributed by atoms with E-state index >= 15 is 0 Å². The normalized spacial score (nSPS) is 19.0. The Labute approximate surface area is 196 Å². The summed E-state index contributed by atoms with van der Waals surface area (Å²) in [6.07, 6.45) is 1.09. The molecule has 3 aromatic rings. The van der Waals surface area contributed by atoms with Gasteiger partial charge in [-0.15, -0.1) is 0 Å². The summed E-state index contributed by atoms with van der Waals surface area (Å²) in [7, 11) is -0.675. The molecule has 0 nitrogen and oxygen atoms in total. The molecule has 0 heterocycles. The molecule has 32 heavy (non-hydrogen) atoms. The first-order valence-electron chi connectivity index (χ1n) is 11.8. The van der Waals surface area contributed by atoms with Gasteiger partial charge in [0.05, 0.1) is 9.52 Å². The van der Waals surface area contributed by atoms with Gasteiger partial charge >= 0.3 is 0 Å². The Hall–Kier alpha value is -2.64. The van der Waals surface area contributed by atoms with Crippen molar-refractivity contribution in [2.45, 2.75) is 59.9 Å². The molecule has 1 unspecified atom stereocenters. The monoisotopic (exact) mass is 436 g/mol. The maximum Gasteiger partial charge on any atom is 0.0718 e. The van der Waals surface area contributed by atoms with Crippen LogP contribution in [0, 0.1) is 27.7 Å². The molecular weight excluding hydrogens is 400 g/mol. The molecule has 3 aromatic carbocycles. The number of allylic oxidation sites excluding steroid dienone is 4. The SMILES string of the molecule is CC1=C(C)C(Cc2cc(C)ccc2C)([SiH2]c2cc(C)cc(C)c2)C(c2ccccc2)=C1C. The van der Waals surface area contributed by atoms with Gasteiger partial charge in [0.2, 0.25) is 0 Å². The van der Waals surface area contributed by atoms with E-state index in [2.05, 4.69) is 115 Å². The van der Waals surface area contributed by atoms with Crippen molar-refractivity contribution in [3.05, 3.63) is 117 Å². The lowest BCUT2D eigenvalue weighted by atomic mass is 9.82. The van der Waals surface area contributed by atoms with Crippen LogP contribution in [-0.4, -0.2) is 9.52 Å². The highest BCUT2D eigenvalue weighted by Gasteiger charge is 2.43. The van der Waals surface area contributed by atoms with E-state index in [1.807, 2.05) is 0 Å². The summed E-state index contributed by atoms with van der Waals surface area (Å²) in [4.78, 5) is 0. The maximum absolute atomic E-state index is 2.45. The molecule has 0 radical (unpaired) electrons. The molecule has 0 aromatic heterocycles.